The number of rotatable bonds is 7. The highest BCUT2D eigenvalue weighted by molar-refractivity contribution is 5.88. The van der Waals surface area contributed by atoms with Gasteiger partial charge in [-0.15, -0.1) is 0 Å². The van der Waals surface area contributed by atoms with Crippen LogP contribution in [-0.4, -0.2) is 39.0 Å². The molecule has 1 atom stereocenters. The van der Waals surface area contributed by atoms with E-state index in [-0.39, 0.29) is 5.82 Å². The number of ether oxygens (including phenoxy) is 1. The first-order valence-corrected chi connectivity index (χ1v) is 11.5. The molecule has 1 aliphatic heterocycles. The predicted octanol–water partition coefficient (Wildman–Crippen LogP) is 5.65. The van der Waals surface area contributed by atoms with Gasteiger partial charge < -0.3 is 4.74 Å². The van der Waals surface area contributed by atoms with Gasteiger partial charge in [0.1, 0.15) is 12.1 Å². The first-order chi connectivity index (χ1) is 16.3. The Hall–Kier alpha value is -3.38. The number of aromatic nitrogens is 3. The molecule has 168 valence electrons. The van der Waals surface area contributed by atoms with Gasteiger partial charge in [0, 0.05) is 30.5 Å². The zero-order valence-corrected chi connectivity index (χ0v) is 18.5. The number of likely N-dealkylation sites (tertiary alicyclic amines) is 1. The number of fused-ring (bicyclic) bond motifs is 1. The zero-order chi connectivity index (χ0) is 22.5. The van der Waals surface area contributed by atoms with Crippen molar-refractivity contribution < 1.29 is 9.13 Å². The topological polar surface area (TPSA) is 51.1 Å². The average Bonchev–Trinajstić information content (AvgIpc) is 2.86. The summed E-state index contributed by atoms with van der Waals surface area (Å²) >= 11 is 0. The monoisotopic (exact) mass is 442 g/mol. The molecular formula is C27H27FN4O. The molecule has 0 aliphatic carbocycles. The molecule has 2 aromatic carbocycles. The van der Waals surface area contributed by atoms with Gasteiger partial charge >= 0.3 is 0 Å². The van der Waals surface area contributed by atoms with Crippen molar-refractivity contribution in [2.75, 3.05) is 13.2 Å². The molecule has 3 heterocycles. The fraction of sp³-hybridized carbons (Fsp3) is 0.296. The Morgan fingerprint density at radius 2 is 1.97 bits per heavy atom. The van der Waals surface area contributed by atoms with Gasteiger partial charge in [-0.2, -0.15) is 0 Å². The smallest absolute Gasteiger partial charge is 0.224 e. The van der Waals surface area contributed by atoms with E-state index in [2.05, 4.69) is 25.9 Å². The van der Waals surface area contributed by atoms with Crippen LogP contribution in [0.1, 0.15) is 31.2 Å². The Labute approximate surface area is 193 Å². The van der Waals surface area contributed by atoms with E-state index in [1.54, 1.807) is 12.1 Å². The van der Waals surface area contributed by atoms with Crippen LogP contribution in [0.3, 0.4) is 0 Å². The summed E-state index contributed by atoms with van der Waals surface area (Å²) in [6, 6.07) is 17.1. The van der Waals surface area contributed by atoms with Crippen molar-refractivity contribution in [1.29, 1.82) is 0 Å². The number of pyridine rings is 1. The lowest BCUT2D eigenvalue weighted by Crippen LogP contribution is -2.39. The molecule has 0 radical (unpaired) electrons. The molecular weight excluding hydrogens is 415 g/mol. The standard InChI is InChI=1S/C27H27FN4O/c28-25-9-2-1-8-23(25)21-10-11-26-24(16-21)27(31-19-30-26)33-15-12-22-7-3-4-14-32(22)18-20-6-5-13-29-17-20/h1-2,5-6,8-11,13,16-17,19,22H,3-4,7,12,14-15,18H2. The minimum atomic E-state index is -0.248. The largest absolute Gasteiger partial charge is 0.477 e. The van der Waals surface area contributed by atoms with Crippen LogP contribution in [-0.2, 0) is 6.54 Å². The molecule has 1 unspecified atom stereocenters. The molecule has 4 aromatic rings. The molecule has 2 aromatic heterocycles. The first kappa shape index (κ1) is 21.5. The quantitative estimate of drug-likeness (QED) is 0.370. The highest BCUT2D eigenvalue weighted by Gasteiger charge is 2.22. The molecule has 33 heavy (non-hydrogen) atoms. The van der Waals surface area contributed by atoms with E-state index in [0.717, 1.165) is 36.0 Å². The molecule has 0 amide bonds. The van der Waals surface area contributed by atoms with Crippen molar-refractivity contribution in [3.05, 3.63) is 84.7 Å². The Morgan fingerprint density at radius 1 is 1.03 bits per heavy atom. The summed E-state index contributed by atoms with van der Waals surface area (Å²) in [5.41, 5.74) is 3.38. The Morgan fingerprint density at radius 3 is 2.85 bits per heavy atom. The number of halogens is 1. The van der Waals surface area contributed by atoms with Gasteiger partial charge in [0.2, 0.25) is 5.88 Å². The fourth-order valence-electron chi connectivity index (χ4n) is 4.62. The van der Waals surface area contributed by atoms with Crippen LogP contribution in [0, 0.1) is 5.82 Å². The lowest BCUT2D eigenvalue weighted by molar-refractivity contribution is 0.116. The van der Waals surface area contributed by atoms with Crippen LogP contribution in [0.2, 0.25) is 0 Å². The highest BCUT2D eigenvalue weighted by Crippen LogP contribution is 2.30. The van der Waals surface area contributed by atoms with Crippen molar-refractivity contribution in [3.8, 4) is 17.0 Å². The van der Waals surface area contributed by atoms with Crippen LogP contribution in [0.4, 0.5) is 4.39 Å². The average molecular weight is 443 g/mol. The van der Waals surface area contributed by atoms with Gasteiger partial charge in [0.25, 0.3) is 0 Å². The Bertz CT molecular complexity index is 1220. The lowest BCUT2D eigenvalue weighted by atomic mass is 9.99. The van der Waals surface area contributed by atoms with E-state index in [9.17, 15) is 4.39 Å². The second kappa shape index (κ2) is 10.0. The van der Waals surface area contributed by atoms with Crippen molar-refractivity contribution in [3.63, 3.8) is 0 Å². The molecule has 1 fully saturated rings. The second-order valence-electron chi connectivity index (χ2n) is 8.51. The lowest BCUT2D eigenvalue weighted by Gasteiger charge is -2.35. The second-order valence-corrected chi connectivity index (χ2v) is 8.51. The van der Waals surface area contributed by atoms with Crippen LogP contribution in [0.15, 0.2) is 73.3 Å². The van der Waals surface area contributed by atoms with Crippen molar-refractivity contribution in [1.82, 2.24) is 19.9 Å². The van der Waals surface area contributed by atoms with Crippen molar-refractivity contribution in [2.24, 2.45) is 0 Å². The number of piperidine rings is 1. The van der Waals surface area contributed by atoms with E-state index in [1.807, 2.05) is 42.7 Å². The molecule has 0 bridgehead atoms. The summed E-state index contributed by atoms with van der Waals surface area (Å²) in [7, 11) is 0. The SMILES string of the molecule is Fc1ccccc1-c1ccc2ncnc(OCCC3CCCCN3Cc3cccnc3)c2c1. The van der Waals surface area contributed by atoms with Gasteiger partial charge in [-0.25, -0.2) is 14.4 Å². The molecule has 1 aliphatic rings. The Balaban J connectivity index is 1.30. The first-order valence-electron chi connectivity index (χ1n) is 11.5. The Kier molecular flexibility index (Phi) is 6.53. The van der Waals surface area contributed by atoms with Crippen molar-refractivity contribution >= 4 is 10.9 Å². The maximum atomic E-state index is 14.3. The number of benzene rings is 2. The minimum Gasteiger partial charge on any atom is -0.477 e. The minimum absolute atomic E-state index is 0.248. The van der Waals surface area contributed by atoms with Crippen LogP contribution in [0.25, 0.3) is 22.0 Å². The summed E-state index contributed by atoms with van der Waals surface area (Å²) in [6.45, 7) is 2.59. The maximum absolute atomic E-state index is 14.3. The molecule has 0 N–H and O–H groups in total. The normalized spacial score (nSPS) is 16.7. The van der Waals surface area contributed by atoms with Gasteiger partial charge in [0.05, 0.1) is 17.5 Å². The highest BCUT2D eigenvalue weighted by atomic mass is 19.1. The molecule has 5 rings (SSSR count). The molecule has 0 saturated carbocycles. The zero-order valence-electron chi connectivity index (χ0n) is 18.5. The van der Waals surface area contributed by atoms with E-state index in [0.29, 0.717) is 24.1 Å². The predicted molar refractivity (Wildman–Crippen MR) is 127 cm³/mol. The molecule has 6 heteroatoms. The van der Waals surface area contributed by atoms with Crippen molar-refractivity contribution in [2.45, 2.75) is 38.3 Å². The maximum Gasteiger partial charge on any atom is 0.224 e. The molecule has 5 nitrogen and oxygen atoms in total. The van der Waals surface area contributed by atoms with E-state index in [1.165, 1.54) is 37.2 Å². The molecule has 0 spiro atoms. The third kappa shape index (κ3) is 5.01. The number of hydrogen-bond acceptors (Lipinski definition) is 5. The number of nitrogens with zero attached hydrogens (tertiary/aromatic N) is 4. The van der Waals surface area contributed by atoms with Gasteiger partial charge in [-0.05, 0) is 61.2 Å². The van der Waals surface area contributed by atoms with Gasteiger partial charge in [0.15, 0.2) is 0 Å². The van der Waals surface area contributed by atoms with Gasteiger partial charge in [-0.3, -0.25) is 9.88 Å². The van der Waals surface area contributed by atoms with Crippen LogP contribution in [0.5, 0.6) is 5.88 Å². The molecule has 1 saturated heterocycles. The fourth-order valence-corrected chi connectivity index (χ4v) is 4.62. The van der Waals surface area contributed by atoms with Crippen LogP contribution >= 0.6 is 0 Å². The summed E-state index contributed by atoms with van der Waals surface area (Å²) in [5, 5.41) is 0.800. The van der Waals surface area contributed by atoms with Crippen LogP contribution < -0.4 is 4.74 Å². The van der Waals surface area contributed by atoms with E-state index in [4.69, 9.17) is 4.74 Å². The summed E-state index contributed by atoms with van der Waals surface area (Å²) < 4.78 is 20.5. The summed E-state index contributed by atoms with van der Waals surface area (Å²) in [4.78, 5) is 15.5. The summed E-state index contributed by atoms with van der Waals surface area (Å²) in [5.74, 6) is 0.301. The van der Waals surface area contributed by atoms with E-state index >= 15 is 0 Å². The summed E-state index contributed by atoms with van der Waals surface area (Å²) in [6.07, 6.45) is 9.86. The third-order valence-corrected chi connectivity index (χ3v) is 6.33. The van der Waals surface area contributed by atoms with Gasteiger partial charge in [-0.1, -0.05) is 36.8 Å². The third-order valence-electron chi connectivity index (χ3n) is 6.33. The van der Waals surface area contributed by atoms with E-state index < -0.39 is 0 Å². The number of hydrogen-bond donors (Lipinski definition) is 0.